The Labute approximate surface area is 120 Å². The summed E-state index contributed by atoms with van der Waals surface area (Å²) in [7, 11) is -3.84. The van der Waals surface area contributed by atoms with Crippen molar-refractivity contribution >= 4 is 15.8 Å². The second kappa shape index (κ2) is 5.65. The smallest absolute Gasteiger partial charge is 0.335 e. The molecule has 0 aliphatic rings. The number of nitrogens with zero attached hydrogens (tertiary/aromatic N) is 2. The third-order valence-electron chi connectivity index (χ3n) is 3.04. The van der Waals surface area contributed by atoms with Crippen molar-refractivity contribution in [1.82, 2.24) is 9.55 Å². The van der Waals surface area contributed by atoms with E-state index in [0.717, 1.165) is 12.1 Å². The van der Waals surface area contributed by atoms with Crippen molar-refractivity contribution < 1.29 is 22.7 Å². The predicted molar refractivity (Wildman–Crippen MR) is 72.4 cm³/mol. The van der Waals surface area contributed by atoms with Gasteiger partial charge in [-0.3, -0.25) is 0 Å². The minimum Gasteiger partial charge on any atom is -0.478 e. The van der Waals surface area contributed by atoms with Crippen LogP contribution in [0.25, 0.3) is 0 Å². The Morgan fingerprint density at radius 1 is 1.43 bits per heavy atom. The fourth-order valence-electron chi connectivity index (χ4n) is 1.85. The average Bonchev–Trinajstić information content (AvgIpc) is 2.81. The molecule has 0 atom stereocenters. The van der Waals surface area contributed by atoms with Crippen LogP contribution < -0.4 is 0 Å². The molecule has 0 fully saturated rings. The van der Waals surface area contributed by atoms with Gasteiger partial charge in [-0.2, -0.15) is 0 Å². The number of hydrogen-bond acceptors (Lipinski definition) is 4. The number of carboxylic acids is 1. The van der Waals surface area contributed by atoms with Crippen LogP contribution in [0.4, 0.5) is 4.39 Å². The number of hydrogen-bond donors (Lipinski definition) is 1. The first-order valence-electron chi connectivity index (χ1n) is 6.04. The highest BCUT2D eigenvalue weighted by Crippen LogP contribution is 2.18. The lowest BCUT2D eigenvalue weighted by Gasteiger charge is -2.08. The van der Waals surface area contributed by atoms with Crippen molar-refractivity contribution in [2.24, 2.45) is 0 Å². The number of sulfone groups is 1. The number of rotatable bonds is 5. The maximum Gasteiger partial charge on any atom is 0.335 e. The van der Waals surface area contributed by atoms with Gasteiger partial charge in [0, 0.05) is 18.9 Å². The fraction of sp³-hybridized carbons (Fsp3) is 0.231. The molecule has 2 rings (SSSR count). The van der Waals surface area contributed by atoms with Crippen molar-refractivity contribution in [3.05, 3.63) is 47.8 Å². The lowest BCUT2D eigenvalue weighted by atomic mass is 10.2. The number of aryl methyl sites for hydroxylation is 2. The number of carboxylic acid groups (broad SMARTS) is 1. The number of carbonyl (C=O) groups is 1. The summed E-state index contributed by atoms with van der Waals surface area (Å²) < 4.78 is 39.7. The van der Waals surface area contributed by atoms with Gasteiger partial charge in [0.1, 0.15) is 16.5 Å². The van der Waals surface area contributed by atoms with Crippen molar-refractivity contribution in [3.63, 3.8) is 0 Å². The molecule has 0 radical (unpaired) electrons. The van der Waals surface area contributed by atoms with Gasteiger partial charge in [-0.1, -0.05) is 0 Å². The largest absolute Gasteiger partial charge is 0.478 e. The summed E-state index contributed by atoms with van der Waals surface area (Å²) in [5.41, 5.74) is -0.295. The van der Waals surface area contributed by atoms with E-state index in [0.29, 0.717) is 11.9 Å². The standard InChI is InChI=1S/C13H13FN2O4S/c1-9-15-4-5-16(9)6-7-21(19,20)12-3-2-10(13(17)18)8-11(12)14/h2-5,8H,6-7H2,1H3,(H,17,18). The quantitative estimate of drug-likeness (QED) is 0.903. The lowest BCUT2D eigenvalue weighted by Crippen LogP contribution is -2.15. The minimum absolute atomic E-state index is 0.147. The molecule has 1 aromatic carbocycles. The minimum atomic E-state index is -3.84. The number of halogens is 1. The van der Waals surface area contributed by atoms with E-state index in [9.17, 15) is 17.6 Å². The van der Waals surface area contributed by atoms with E-state index < -0.39 is 26.5 Å². The van der Waals surface area contributed by atoms with E-state index in [4.69, 9.17) is 5.11 Å². The summed E-state index contributed by atoms with van der Waals surface area (Å²) in [6.45, 7) is 1.88. The second-order valence-electron chi connectivity index (χ2n) is 4.44. The van der Waals surface area contributed by atoms with Crippen molar-refractivity contribution in [2.45, 2.75) is 18.4 Å². The molecule has 0 unspecified atom stereocenters. The first-order valence-corrected chi connectivity index (χ1v) is 7.70. The molecule has 0 bridgehead atoms. The molecular formula is C13H13FN2O4S. The molecule has 1 N–H and O–H groups in total. The van der Waals surface area contributed by atoms with Crippen LogP contribution in [0.3, 0.4) is 0 Å². The molecule has 0 amide bonds. The first-order chi connectivity index (χ1) is 9.81. The number of aromatic carboxylic acids is 1. The van der Waals surface area contributed by atoms with Crippen LogP contribution in [0.1, 0.15) is 16.2 Å². The Morgan fingerprint density at radius 2 is 2.14 bits per heavy atom. The van der Waals surface area contributed by atoms with Gasteiger partial charge < -0.3 is 9.67 Å². The fourth-order valence-corrected chi connectivity index (χ4v) is 3.14. The van der Waals surface area contributed by atoms with E-state index >= 15 is 0 Å². The van der Waals surface area contributed by atoms with Gasteiger partial charge in [0.05, 0.1) is 11.3 Å². The Hall–Kier alpha value is -2.22. The second-order valence-corrected chi connectivity index (χ2v) is 6.51. The average molecular weight is 312 g/mol. The van der Waals surface area contributed by atoms with Crippen molar-refractivity contribution in [1.29, 1.82) is 0 Å². The lowest BCUT2D eigenvalue weighted by molar-refractivity contribution is 0.0696. The Bertz CT molecular complexity index is 783. The topological polar surface area (TPSA) is 89.3 Å². The van der Waals surface area contributed by atoms with Gasteiger partial charge >= 0.3 is 5.97 Å². The molecule has 1 aromatic heterocycles. The van der Waals surface area contributed by atoms with E-state index in [2.05, 4.69) is 4.98 Å². The highest BCUT2D eigenvalue weighted by atomic mass is 32.2. The van der Waals surface area contributed by atoms with Gasteiger partial charge in [0.25, 0.3) is 0 Å². The Kier molecular flexibility index (Phi) is 4.08. The van der Waals surface area contributed by atoms with Gasteiger partial charge in [0.2, 0.25) is 0 Å². The third kappa shape index (κ3) is 3.27. The predicted octanol–water partition coefficient (Wildman–Crippen LogP) is 1.50. The normalized spacial score (nSPS) is 11.5. The maximum atomic E-state index is 13.8. The SMILES string of the molecule is Cc1nccn1CCS(=O)(=O)c1ccc(C(=O)O)cc1F. The van der Waals surface area contributed by atoms with Crippen LogP contribution in [0.5, 0.6) is 0 Å². The van der Waals surface area contributed by atoms with Gasteiger partial charge in [-0.05, 0) is 25.1 Å². The van der Waals surface area contributed by atoms with Crippen LogP contribution in [-0.4, -0.2) is 34.8 Å². The molecule has 1 heterocycles. The summed E-state index contributed by atoms with van der Waals surface area (Å²) in [6.07, 6.45) is 3.18. The number of benzene rings is 1. The summed E-state index contributed by atoms with van der Waals surface area (Å²) in [6, 6.07) is 2.76. The third-order valence-corrected chi connectivity index (χ3v) is 4.76. The molecule has 6 nitrogen and oxygen atoms in total. The Balaban J connectivity index is 2.23. The van der Waals surface area contributed by atoms with Gasteiger partial charge in [0.15, 0.2) is 9.84 Å². The summed E-state index contributed by atoms with van der Waals surface area (Å²) in [4.78, 5) is 14.2. The highest BCUT2D eigenvalue weighted by molar-refractivity contribution is 7.91. The van der Waals surface area contributed by atoms with Crippen molar-refractivity contribution in [3.8, 4) is 0 Å². The molecule has 0 saturated heterocycles. The summed E-state index contributed by atoms with van der Waals surface area (Å²) in [5.74, 6) is -2.01. The van der Waals surface area contributed by atoms with Crippen LogP contribution in [-0.2, 0) is 16.4 Å². The molecule has 0 aliphatic carbocycles. The van der Waals surface area contributed by atoms with Gasteiger partial charge in [-0.15, -0.1) is 0 Å². The zero-order valence-electron chi connectivity index (χ0n) is 11.2. The highest BCUT2D eigenvalue weighted by Gasteiger charge is 2.20. The first kappa shape index (κ1) is 15.2. The maximum absolute atomic E-state index is 13.8. The summed E-state index contributed by atoms with van der Waals surface area (Å²) >= 11 is 0. The molecule has 112 valence electrons. The number of aromatic nitrogens is 2. The zero-order valence-corrected chi connectivity index (χ0v) is 12.0. The molecular weight excluding hydrogens is 299 g/mol. The van der Waals surface area contributed by atoms with Crippen LogP contribution in [0, 0.1) is 12.7 Å². The molecule has 21 heavy (non-hydrogen) atoms. The summed E-state index contributed by atoms with van der Waals surface area (Å²) in [5, 5.41) is 8.74. The van der Waals surface area contributed by atoms with Crippen LogP contribution in [0.15, 0.2) is 35.5 Å². The molecule has 8 heteroatoms. The van der Waals surface area contributed by atoms with E-state index in [1.807, 2.05) is 0 Å². The van der Waals surface area contributed by atoms with E-state index in [1.54, 1.807) is 23.9 Å². The van der Waals surface area contributed by atoms with Gasteiger partial charge in [-0.25, -0.2) is 22.6 Å². The Morgan fingerprint density at radius 3 is 2.67 bits per heavy atom. The van der Waals surface area contributed by atoms with Crippen LogP contribution >= 0.6 is 0 Å². The van der Waals surface area contributed by atoms with Crippen molar-refractivity contribution in [2.75, 3.05) is 5.75 Å². The van der Waals surface area contributed by atoms with Crippen LogP contribution in [0.2, 0.25) is 0 Å². The van der Waals surface area contributed by atoms with E-state index in [1.165, 1.54) is 0 Å². The molecule has 2 aromatic rings. The van der Waals surface area contributed by atoms with E-state index in [-0.39, 0.29) is 17.9 Å². The zero-order chi connectivity index (χ0) is 15.6. The molecule has 0 saturated carbocycles. The molecule has 0 spiro atoms. The number of imidazole rings is 1. The molecule has 0 aliphatic heterocycles. The monoisotopic (exact) mass is 312 g/mol.